The SMILES string of the molecule is CCCCNCc1cnc(CCC)s1. The first-order valence-electron chi connectivity index (χ1n) is 5.51. The van der Waals surface area contributed by atoms with Crippen LogP contribution in [0, 0.1) is 0 Å². The third kappa shape index (κ3) is 4.20. The molecule has 80 valence electrons. The molecule has 2 nitrogen and oxygen atoms in total. The highest BCUT2D eigenvalue weighted by Gasteiger charge is 1.99. The lowest BCUT2D eigenvalue weighted by Crippen LogP contribution is -2.13. The van der Waals surface area contributed by atoms with Crippen LogP contribution in [0.1, 0.15) is 43.0 Å². The van der Waals surface area contributed by atoms with E-state index in [9.17, 15) is 0 Å². The molecule has 0 fully saturated rings. The molecule has 1 heterocycles. The molecule has 1 aromatic rings. The van der Waals surface area contributed by atoms with Gasteiger partial charge in [-0.1, -0.05) is 20.3 Å². The Kier molecular flexibility index (Phi) is 5.80. The molecule has 0 aliphatic carbocycles. The van der Waals surface area contributed by atoms with Crippen molar-refractivity contribution in [3.05, 3.63) is 16.1 Å². The van der Waals surface area contributed by atoms with E-state index in [1.165, 1.54) is 29.1 Å². The Morgan fingerprint density at radius 2 is 2.21 bits per heavy atom. The van der Waals surface area contributed by atoms with Crippen LogP contribution >= 0.6 is 11.3 Å². The van der Waals surface area contributed by atoms with Gasteiger partial charge in [-0.15, -0.1) is 11.3 Å². The minimum absolute atomic E-state index is 0.987. The summed E-state index contributed by atoms with van der Waals surface area (Å²) in [6.07, 6.45) is 6.85. The number of hydrogen-bond donors (Lipinski definition) is 1. The fourth-order valence-electron chi connectivity index (χ4n) is 1.27. The fraction of sp³-hybridized carbons (Fsp3) is 0.727. The standard InChI is InChI=1S/C11H20N2S/c1-3-5-7-12-8-10-9-13-11(14-10)6-4-2/h9,12H,3-8H2,1-2H3. The Morgan fingerprint density at radius 1 is 1.36 bits per heavy atom. The second-order valence-electron chi connectivity index (χ2n) is 3.50. The lowest BCUT2D eigenvalue weighted by Gasteiger charge is -1.99. The van der Waals surface area contributed by atoms with Crippen LogP contribution in [0.25, 0.3) is 0 Å². The summed E-state index contributed by atoms with van der Waals surface area (Å²) in [5.74, 6) is 0. The van der Waals surface area contributed by atoms with Crippen molar-refractivity contribution in [2.45, 2.75) is 46.1 Å². The van der Waals surface area contributed by atoms with Gasteiger partial charge in [0.25, 0.3) is 0 Å². The zero-order chi connectivity index (χ0) is 10.2. The molecule has 1 aromatic heterocycles. The maximum atomic E-state index is 4.38. The molecular formula is C11H20N2S. The second kappa shape index (κ2) is 6.96. The number of nitrogens with one attached hydrogen (secondary N) is 1. The van der Waals surface area contributed by atoms with Crippen molar-refractivity contribution in [3.8, 4) is 0 Å². The van der Waals surface area contributed by atoms with Gasteiger partial charge in [0, 0.05) is 17.6 Å². The van der Waals surface area contributed by atoms with Crippen molar-refractivity contribution in [3.63, 3.8) is 0 Å². The van der Waals surface area contributed by atoms with Crippen LogP contribution in [0.3, 0.4) is 0 Å². The molecule has 0 aliphatic heterocycles. The highest BCUT2D eigenvalue weighted by atomic mass is 32.1. The molecule has 0 spiro atoms. The molecular weight excluding hydrogens is 192 g/mol. The third-order valence-electron chi connectivity index (χ3n) is 2.07. The van der Waals surface area contributed by atoms with Gasteiger partial charge in [-0.05, 0) is 25.8 Å². The van der Waals surface area contributed by atoms with Gasteiger partial charge in [-0.2, -0.15) is 0 Å². The second-order valence-corrected chi connectivity index (χ2v) is 4.70. The smallest absolute Gasteiger partial charge is 0.0928 e. The van der Waals surface area contributed by atoms with Gasteiger partial charge in [0.1, 0.15) is 0 Å². The topological polar surface area (TPSA) is 24.9 Å². The predicted octanol–water partition coefficient (Wildman–Crippen LogP) is 2.99. The van der Waals surface area contributed by atoms with Crippen molar-refractivity contribution in [1.82, 2.24) is 10.3 Å². The molecule has 3 heteroatoms. The Morgan fingerprint density at radius 3 is 2.93 bits per heavy atom. The van der Waals surface area contributed by atoms with Crippen LogP contribution in [0.4, 0.5) is 0 Å². The zero-order valence-corrected chi connectivity index (χ0v) is 9.99. The highest BCUT2D eigenvalue weighted by Crippen LogP contribution is 2.13. The summed E-state index contributed by atoms with van der Waals surface area (Å²) >= 11 is 1.84. The molecule has 0 aromatic carbocycles. The quantitative estimate of drug-likeness (QED) is 0.703. The lowest BCUT2D eigenvalue weighted by atomic mass is 10.3. The van der Waals surface area contributed by atoms with Crippen molar-refractivity contribution in [1.29, 1.82) is 0 Å². The fourth-order valence-corrected chi connectivity index (χ4v) is 2.27. The van der Waals surface area contributed by atoms with Crippen LogP contribution in [0.5, 0.6) is 0 Å². The molecule has 0 bridgehead atoms. The van der Waals surface area contributed by atoms with E-state index in [-0.39, 0.29) is 0 Å². The Bertz CT molecular complexity index is 245. The van der Waals surface area contributed by atoms with E-state index in [0.717, 1.165) is 19.5 Å². The summed E-state index contributed by atoms with van der Waals surface area (Å²) in [4.78, 5) is 5.75. The number of unbranched alkanes of at least 4 members (excludes halogenated alkanes) is 1. The highest BCUT2D eigenvalue weighted by molar-refractivity contribution is 7.11. The molecule has 1 rings (SSSR count). The molecule has 0 unspecified atom stereocenters. The first-order chi connectivity index (χ1) is 6.86. The van der Waals surface area contributed by atoms with Crippen molar-refractivity contribution in [2.24, 2.45) is 0 Å². The van der Waals surface area contributed by atoms with Crippen molar-refractivity contribution < 1.29 is 0 Å². The van der Waals surface area contributed by atoms with Gasteiger partial charge in [0.05, 0.1) is 5.01 Å². The lowest BCUT2D eigenvalue weighted by molar-refractivity contribution is 0.645. The minimum Gasteiger partial charge on any atom is -0.312 e. The van der Waals surface area contributed by atoms with Crippen LogP contribution in [-0.4, -0.2) is 11.5 Å². The molecule has 0 saturated heterocycles. The van der Waals surface area contributed by atoms with Crippen LogP contribution in [0.2, 0.25) is 0 Å². The molecule has 0 atom stereocenters. The number of thiazole rings is 1. The molecule has 0 aliphatic rings. The van der Waals surface area contributed by atoms with E-state index < -0.39 is 0 Å². The Balaban J connectivity index is 2.22. The molecule has 14 heavy (non-hydrogen) atoms. The number of aryl methyl sites for hydroxylation is 1. The zero-order valence-electron chi connectivity index (χ0n) is 9.18. The average molecular weight is 212 g/mol. The Labute approximate surface area is 90.8 Å². The van der Waals surface area contributed by atoms with Gasteiger partial charge in [0.2, 0.25) is 0 Å². The average Bonchev–Trinajstić information content (AvgIpc) is 2.61. The summed E-state index contributed by atoms with van der Waals surface area (Å²) in [5, 5.41) is 4.71. The Hall–Kier alpha value is -0.410. The summed E-state index contributed by atoms with van der Waals surface area (Å²) in [6, 6.07) is 0. The van der Waals surface area contributed by atoms with Crippen LogP contribution in [0.15, 0.2) is 6.20 Å². The van der Waals surface area contributed by atoms with Gasteiger partial charge in [0.15, 0.2) is 0 Å². The molecule has 0 radical (unpaired) electrons. The normalized spacial score (nSPS) is 10.7. The van der Waals surface area contributed by atoms with Gasteiger partial charge < -0.3 is 5.32 Å². The maximum Gasteiger partial charge on any atom is 0.0928 e. The number of hydrogen-bond acceptors (Lipinski definition) is 3. The number of aromatic nitrogens is 1. The monoisotopic (exact) mass is 212 g/mol. The van der Waals surface area contributed by atoms with E-state index in [1.54, 1.807) is 0 Å². The van der Waals surface area contributed by atoms with Gasteiger partial charge >= 0.3 is 0 Å². The summed E-state index contributed by atoms with van der Waals surface area (Å²) < 4.78 is 0. The largest absolute Gasteiger partial charge is 0.312 e. The summed E-state index contributed by atoms with van der Waals surface area (Å²) in [7, 11) is 0. The number of rotatable bonds is 7. The minimum atomic E-state index is 0.987. The van der Waals surface area contributed by atoms with E-state index in [4.69, 9.17) is 0 Å². The van der Waals surface area contributed by atoms with Gasteiger partial charge in [-0.3, -0.25) is 0 Å². The third-order valence-corrected chi connectivity index (χ3v) is 3.13. The van der Waals surface area contributed by atoms with Crippen molar-refractivity contribution in [2.75, 3.05) is 6.54 Å². The summed E-state index contributed by atoms with van der Waals surface area (Å²) in [6.45, 7) is 6.52. The molecule has 0 amide bonds. The maximum absolute atomic E-state index is 4.38. The predicted molar refractivity (Wildman–Crippen MR) is 62.7 cm³/mol. The first-order valence-corrected chi connectivity index (χ1v) is 6.32. The van der Waals surface area contributed by atoms with Crippen LogP contribution < -0.4 is 5.32 Å². The molecule has 1 N–H and O–H groups in total. The summed E-state index contributed by atoms with van der Waals surface area (Å²) in [5.41, 5.74) is 0. The van der Waals surface area contributed by atoms with E-state index in [0.29, 0.717) is 0 Å². The van der Waals surface area contributed by atoms with Crippen molar-refractivity contribution >= 4 is 11.3 Å². The number of nitrogens with zero attached hydrogens (tertiary/aromatic N) is 1. The van der Waals surface area contributed by atoms with E-state index in [1.807, 2.05) is 17.5 Å². The van der Waals surface area contributed by atoms with Gasteiger partial charge in [-0.25, -0.2) is 4.98 Å². The van der Waals surface area contributed by atoms with E-state index in [2.05, 4.69) is 24.1 Å². The van der Waals surface area contributed by atoms with Crippen LogP contribution in [-0.2, 0) is 13.0 Å². The first kappa shape index (κ1) is 11.7. The van der Waals surface area contributed by atoms with E-state index >= 15 is 0 Å². The molecule has 0 saturated carbocycles.